The maximum Gasteiger partial charge on any atom is 0.0798 e. The molecule has 1 aliphatic carbocycles. The molecule has 1 aromatic rings. The van der Waals surface area contributed by atoms with E-state index in [1.165, 1.54) is 43.2 Å². The van der Waals surface area contributed by atoms with Crippen LogP contribution in [-0.2, 0) is 4.74 Å². The molecule has 0 saturated heterocycles. The molecule has 3 heteroatoms. The van der Waals surface area contributed by atoms with Gasteiger partial charge in [-0.15, -0.1) is 0 Å². The fourth-order valence-corrected chi connectivity index (χ4v) is 3.55. The van der Waals surface area contributed by atoms with E-state index in [0.29, 0.717) is 5.92 Å². The standard InChI is InChI=1S/C18H30N2O/c1-4-20-17(16-11-14(3)12-19-13-16)18(21-5-2)15-9-7-6-8-10-15/h11-13,15,17-18,20H,4-10H2,1-3H3. The molecule has 3 nitrogen and oxygen atoms in total. The molecule has 0 radical (unpaired) electrons. The molecule has 1 heterocycles. The van der Waals surface area contributed by atoms with Crippen LogP contribution in [0.15, 0.2) is 18.5 Å². The van der Waals surface area contributed by atoms with Crippen molar-refractivity contribution in [1.29, 1.82) is 0 Å². The zero-order valence-corrected chi connectivity index (χ0v) is 13.8. The van der Waals surface area contributed by atoms with Gasteiger partial charge in [-0.05, 0) is 50.3 Å². The number of aromatic nitrogens is 1. The molecule has 0 spiro atoms. The highest BCUT2D eigenvalue weighted by atomic mass is 16.5. The average Bonchev–Trinajstić information content (AvgIpc) is 2.51. The molecule has 21 heavy (non-hydrogen) atoms. The van der Waals surface area contributed by atoms with Crippen LogP contribution in [0.5, 0.6) is 0 Å². The summed E-state index contributed by atoms with van der Waals surface area (Å²) in [5.41, 5.74) is 2.48. The first-order valence-corrected chi connectivity index (χ1v) is 8.52. The van der Waals surface area contributed by atoms with Gasteiger partial charge < -0.3 is 10.1 Å². The normalized spacial score (nSPS) is 19.4. The number of hydrogen-bond donors (Lipinski definition) is 1. The summed E-state index contributed by atoms with van der Waals surface area (Å²) in [6, 6.07) is 2.50. The Bertz CT molecular complexity index is 415. The highest BCUT2D eigenvalue weighted by Crippen LogP contribution is 2.34. The lowest BCUT2D eigenvalue weighted by Crippen LogP contribution is -2.40. The molecular formula is C18H30N2O. The van der Waals surface area contributed by atoms with Crippen molar-refractivity contribution in [2.24, 2.45) is 5.92 Å². The van der Waals surface area contributed by atoms with E-state index in [9.17, 15) is 0 Å². The van der Waals surface area contributed by atoms with Gasteiger partial charge in [0.25, 0.3) is 0 Å². The molecule has 0 aliphatic heterocycles. The predicted molar refractivity (Wildman–Crippen MR) is 87.4 cm³/mol. The zero-order valence-electron chi connectivity index (χ0n) is 13.8. The number of hydrogen-bond acceptors (Lipinski definition) is 3. The lowest BCUT2D eigenvalue weighted by atomic mass is 9.81. The van der Waals surface area contributed by atoms with Crippen molar-refractivity contribution in [3.8, 4) is 0 Å². The van der Waals surface area contributed by atoms with Crippen molar-refractivity contribution in [1.82, 2.24) is 10.3 Å². The van der Waals surface area contributed by atoms with Crippen LogP contribution < -0.4 is 5.32 Å². The van der Waals surface area contributed by atoms with Gasteiger partial charge in [0.15, 0.2) is 0 Å². The molecule has 1 aromatic heterocycles. The summed E-state index contributed by atoms with van der Waals surface area (Å²) < 4.78 is 6.20. The first-order chi connectivity index (χ1) is 10.3. The van der Waals surface area contributed by atoms with Crippen LogP contribution in [0.25, 0.3) is 0 Å². The van der Waals surface area contributed by atoms with Crippen LogP contribution in [0.2, 0.25) is 0 Å². The summed E-state index contributed by atoms with van der Waals surface area (Å²) in [6.07, 6.45) is 10.8. The van der Waals surface area contributed by atoms with Gasteiger partial charge in [0.05, 0.1) is 12.1 Å². The molecule has 0 aromatic carbocycles. The van der Waals surface area contributed by atoms with Gasteiger partial charge in [-0.3, -0.25) is 4.98 Å². The fourth-order valence-electron chi connectivity index (χ4n) is 3.55. The Balaban J connectivity index is 2.22. The van der Waals surface area contributed by atoms with Crippen LogP contribution in [0.1, 0.15) is 63.1 Å². The SMILES string of the molecule is CCNC(c1cncc(C)c1)C(OCC)C1CCCCC1. The maximum atomic E-state index is 6.20. The molecule has 1 aliphatic rings. The van der Waals surface area contributed by atoms with Crippen LogP contribution >= 0.6 is 0 Å². The summed E-state index contributed by atoms with van der Waals surface area (Å²) in [6.45, 7) is 8.11. The van der Waals surface area contributed by atoms with Crippen LogP contribution in [-0.4, -0.2) is 24.2 Å². The summed E-state index contributed by atoms with van der Waals surface area (Å²) >= 11 is 0. The molecule has 0 amide bonds. The molecular weight excluding hydrogens is 260 g/mol. The predicted octanol–water partition coefficient (Wildman–Crippen LogP) is 4.03. The quantitative estimate of drug-likeness (QED) is 0.823. The highest BCUT2D eigenvalue weighted by Gasteiger charge is 2.31. The van der Waals surface area contributed by atoms with Gasteiger partial charge in [-0.2, -0.15) is 0 Å². The van der Waals surface area contributed by atoms with E-state index in [0.717, 1.165) is 13.2 Å². The first-order valence-electron chi connectivity index (χ1n) is 8.52. The number of rotatable bonds is 7. The number of aryl methyl sites for hydroxylation is 1. The Morgan fingerprint density at radius 2 is 2.00 bits per heavy atom. The van der Waals surface area contributed by atoms with Crippen molar-refractivity contribution in [3.05, 3.63) is 29.6 Å². The molecule has 0 bridgehead atoms. The van der Waals surface area contributed by atoms with E-state index >= 15 is 0 Å². The second-order valence-corrected chi connectivity index (χ2v) is 6.15. The van der Waals surface area contributed by atoms with E-state index in [1.807, 2.05) is 12.4 Å². The van der Waals surface area contributed by atoms with Gasteiger partial charge in [0.1, 0.15) is 0 Å². The van der Waals surface area contributed by atoms with Crippen molar-refractivity contribution >= 4 is 0 Å². The molecule has 2 unspecified atom stereocenters. The number of ether oxygens (including phenoxy) is 1. The molecule has 1 N–H and O–H groups in total. The third-order valence-electron chi connectivity index (χ3n) is 4.48. The second-order valence-electron chi connectivity index (χ2n) is 6.15. The largest absolute Gasteiger partial charge is 0.376 e. The Hall–Kier alpha value is -0.930. The number of nitrogens with one attached hydrogen (secondary N) is 1. The number of nitrogens with zero attached hydrogens (tertiary/aromatic N) is 1. The van der Waals surface area contributed by atoms with Crippen LogP contribution in [0, 0.1) is 12.8 Å². The van der Waals surface area contributed by atoms with E-state index in [-0.39, 0.29) is 12.1 Å². The maximum absolute atomic E-state index is 6.20. The Labute approximate surface area is 129 Å². The van der Waals surface area contributed by atoms with Crippen molar-refractivity contribution < 1.29 is 4.74 Å². The third-order valence-corrected chi connectivity index (χ3v) is 4.48. The average molecular weight is 290 g/mol. The summed E-state index contributed by atoms with van der Waals surface area (Å²) in [7, 11) is 0. The Morgan fingerprint density at radius 3 is 2.62 bits per heavy atom. The van der Waals surface area contributed by atoms with Gasteiger partial charge in [0.2, 0.25) is 0 Å². The van der Waals surface area contributed by atoms with Gasteiger partial charge in [-0.1, -0.05) is 32.3 Å². The topological polar surface area (TPSA) is 34.2 Å². The van der Waals surface area contributed by atoms with E-state index in [2.05, 4.69) is 37.1 Å². The summed E-state index contributed by atoms with van der Waals surface area (Å²) in [5, 5.41) is 3.64. The smallest absolute Gasteiger partial charge is 0.0798 e. The lowest BCUT2D eigenvalue weighted by Gasteiger charge is -2.36. The van der Waals surface area contributed by atoms with Crippen molar-refractivity contribution in [2.45, 2.75) is 65.0 Å². The van der Waals surface area contributed by atoms with Crippen LogP contribution in [0.4, 0.5) is 0 Å². The molecule has 118 valence electrons. The van der Waals surface area contributed by atoms with Crippen LogP contribution in [0.3, 0.4) is 0 Å². The zero-order chi connectivity index (χ0) is 15.1. The summed E-state index contributed by atoms with van der Waals surface area (Å²) in [4.78, 5) is 4.38. The van der Waals surface area contributed by atoms with E-state index in [1.54, 1.807) is 0 Å². The highest BCUT2D eigenvalue weighted by molar-refractivity contribution is 5.21. The van der Waals surface area contributed by atoms with Crippen molar-refractivity contribution in [3.63, 3.8) is 0 Å². The van der Waals surface area contributed by atoms with E-state index in [4.69, 9.17) is 4.74 Å². The minimum Gasteiger partial charge on any atom is -0.376 e. The number of pyridine rings is 1. The molecule has 1 fully saturated rings. The van der Waals surface area contributed by atoms with Gasteiger partial charge in [0, 0.05) is 19.0 Å². The Kier molecular flexibility index (Phi) is 6.65. The fraction of sp³-hybridized carbons (Fsp3) is 0.722. The van der Waals surface area contributed by atoms with E-state index < -0.39 is 0 Å². The molecule has 2 atom stereocenters. The second kappa shape index (κ2) is 8.50. The molecule has 2 rings (SSSR count). The minimum atomic E-state index is 0.255. The van der Waals surface area contributed by atoms with Gasteiger partial charge in [-0.25, -0.2) is 0 Å². The Morgan fingerprint density at radius 1 is 1.24 bits per heavy atom. The lowest BCUT2D eigenvalue weighted by molar-refractivity contribution is -0.0181. The first kappa shape index (κ1) is 16.4. The summed E-state index contributed by atoms with van der Waals surface area (Å²) in [5.74, 6) is 0.670. The van der Waals surface area contributed by atoms with Gasteiger partial charge >= 0.3 is 0 Å². The minimum absolute atomic E-state index is 0.255. The van der Waals surface area contributed by atoms with Crippen molar-refractivity contribution in [2.75, 3.05) is 13.2 Å². The number of likely N-dealkylation sites (N-methyl/N-ethyl adjacent to an activating group) is 1. The third kappa shape index (κ3) is 4.52. The monoisotopic (exact) mass is 290 g/mol. The molecule has 1 saturated carbocycles.